The average molecular weight is 499 g/mol. The monoisotopic (exact) mass is 498 g/mol. The molecular formula is C28H27ClN6O. The zero-order valence-corrected chi connectivity index (χ0v) is 20.8. The lowest BCUT2D eigenvalue weighted by Crippen LogP contribution is -2.43. The van der Waals surface area contributed by atoms with E-state index in [0.29, 0.717) is 5.95 Å². The number of ether oxygens (including phenoxy) is 1. The van der Waals surface area contributed by atoms with E-state index >= 15 is 0 Å². The van der Waals surface area contributed by atoms with Gasteiger partial charge in [-0.25, -0.2) is 4.98 Å². The summed E-state index contributed by atoms with van der Waals surface area (Å²) in [6, 6.07) is 21.7. The highest BCUT2D eigenvalue weighted by molar-refractivity contribution is 6.31. The van der Waals surface area contributed by atoms with Gasteiger partial charge in [-0.2, -0.15) is 0 Å². The second kappa shape index (κ2) is 9.78. The van der Waals surface area contributed by atoms with Crippen molar-refractivity contribution >= 4 is 45.2 Å². The van der Waals surface area contributed by atoms with Gasteiger partial charge in [0.2, 0.25) is 5.95 Å². The Morgan fingerprint density at radius 1 is 0.972 bits per heavy atom. The van der Waals surface area contributed by atoms with Gasteiger partial charge in [-0.3, -0.25) is 9.88 Å². The second-order valence-corrected chi connectivity index (χ2v) is 9.61. The standard InChI is InChI=1S/C28H27ClN6O/c1-34-12-14-35(15-13-34)18-19-16-20(6-8-23(19)29)31-28-32-25-9-7-21(17-26(25)33-28)36-27-10-11-30-24-5-3-2-4-22(24)27/h2-11,16-17H,12-15,18H2,1H3,(H2,31,32,33). The van der Waals surface area contributed by atoms with Crippen molar-refractivity contribution in [1.82, 2.24) is 24.8 Å². The third kappa shape index (κ3) is 4.86. The number of H-pyrrole nitrogens is 1. The highest BCUT2D eigenvalue weighted by Gasteiger charge is 2.16. The first-order chi connectivity index (χ1) is 17.6. The Balaban J connectivity index is 1.20. The van der Waals surface area contributed by atoms with Crippen molar-refractivity contribution in [3.8, 4) is 11.5 Å². The van der Waals surface area contributed by atoms with Gasteiger partial charge in [-0.1, -0.05) is 23.7 Å². The van der Waals surface area contributed by atoms with E-state index in [1.165, 1.54) is 0 Å². The smallest absolute Gasteiger partial charge is 0.205 e. The molecule has 0 unspecified atom stereocenters. The van der Waals surface area contributed by atoms with Crippen LogP contribution in [0, 0.1) is 0 Å². The molecule has 5 aromatic rings. The number of rotatable bonds is 6. The number of benzene rings is 3. The van der Waals surface area contributed by atoms with Crippen molar-refractivity contribution in [3.63, 3.8) is 0 Å². The molecule has 0 spiro atoms. The quantitative estimate of drug-likeness (QED) is 0.297. The van der Waals surface area contributed by atoms with Gasteiger partial charge in [0.05, 0.1) is 16.6 Å². The summed E-state index contributed by atoms with van der Waals surface area (Å²) in [6.45, 7) is 5.10. The van der Waals surface area contributed by atoms with Gasteiger partial charge in [0.25, 0.3) is 0 Å². The van der Waals surface area contributed by atoms with E-state index in [1.807, 2.05) is 60.7 Å². The third-order valence-corrected chi connectivity index (χ3v) is 6.96. The minimum absolute atomic E-state index is 0.671. The Labute approximate surface area is 214 Å². The zero-order chi connectivity index (χ0) is 24.5. The van der Waals surface area contributed by atoms with Crippen molar-refractivity contribution in [2.24, 2.45) is 0 Å². The molecule has 1 aliphatic heterocycles. The number of nitrogens with zero attached hydrogens (tertiary/aromatic N) is 4. The van der Waals surface area contributed by atoms with Gasteiger partial charge in [0, 0.05) is 61.1 Å². The Morgan fingerprint density at radius 2 is 1.83 bits per heavy atom. The van der Waals surface area contributed by atoms with E-state index in [1.54, 1.807) is 6.20 Å². The van der Waals surface area contributed by atoms with Crippen LogP contribution in [0.5, 0.6) is 11.5 Å². The molecule has 0 bridgehead atoms. The predicted octanol–water partition coefficient (Wildman–Crippen LogP) is 6.05. The number of aromatic amines is 1. The van der Waals surface area contributed by atoms with E-state index in [2.05, 4.69) is 38.2 Å². The van der Waals surface area contributed by atoms with Crippen LogP contribution in [0.15, 0.2) is 72.9 Å². The van der Waals surface area contributed by atoms with Crippen LogP contribution in [-0.4, -0.2) is 58.0 Å². The minimum atomic E-state index is 0.671. The summed E-state index contributed by atoms with van der Waals surface area (Å²) >= 11 is 6.53. The molecule has 0 saturated carbocycles. The van der Waals surface area contributed by atoms with Gasteiger partial charge in [0.1, 0.15) is 11.5 Å². The summed E-state index contributed by atoms with van der Waals surface area (Å²) in [5.41, 5.74) is 4.71. The molecule has 0 aliphatic carbocycles. The van der Waals surface area contributed by atoms with Gasteiger partial charge < -0.3 is 19.9 Å². The molecule has 7 nitrogen and oxygen atoms in total. The van der Waals surface area contributed by atoms with Crippen molar-refractivity contribution < 1.29 is 4.74 Å². The molecule has 8 heteroatoms. The summed E-state index contributed by atoms with van der Waals surface area (Å²) in [5, 5.41) is 5.16. The summed E-state index contributed by atoms with van der Waals surface area (Å²) in [5.74, 6) is 2.17. The lowest BCUT2D eigenvalue weighted by Gasteiger charge is -2.32. The van der Waals surface area contributed by atoms with E-state index in [-0.39, 0.29) is 0 Å². The molecule has 2 aromatic heterocycles. The van der Waals surface area contributed by atoms with Crippen molar-refractivity contribution in [2.75, 3.05) is 38.5 Å². The number of anilines is 2. The van der Waals surface area contributed by atoms with Crippen LogP contribution in [-0.2, 0) is 6.54 Å². The van der Waals surface area contributed by atoms with Crippen LogP contribution in [0.2, 0.25) is 5.02 Å². The minimum Gasteiger partial charge on any atom is -0.457 e. The number of imidazole rings is 1. The first-order valence-corrected chi connectivity index (χ1v) is 12.5. The van der Waals surface area contributed by atoms with E-state index in [0.717, 1.165) is 82.4 Å². The maximum Gasteiger partial charge on any atom is 0.205 e. The largest absolute Gasteiger partial charge is 0.457 e. The highest BCUT2D eigenvalue weighted by atomic mass is 35.5. The van der Waals surface area contributed by atoms with E-state index in [9.17, 15) is 0 Å². The summed E-state index contributed by atoms with van der Waals surface area (Å²) in [7, 11) is 2.17. The molecule has 36 heavy (non-hydrogen) atoms. The molecule has 1 saturated heterocycles. The number of piperazine rings is 1. The summed E-state index contributed by atoms with van der Waals surface area (Å²) in [4.78, 5) is 17.3. The molecule has 0 radical (unpaired) electrons. The zero-order valence-electron chi connectivity index (χ0n) is 20.0. The van der Waals surface area contributed by atoms with Crippen molar-refractivity contribution in [2.45, 2.75) is 6.54 Å². The SMILES string of the molecule is CN1CCN(Cc2cc(Nc3nc4ccc(Oc5ccnc6ccccc56)cc4[nH]3)ccc2Cl)CC1. The van der Waals surface area contributed by atoms with E-state index < -0.39 is 0 Å². The van der Waals surface area contributed by atoms with Gasteiger partial charge >= 0.3 is 0 Å². The molecule has 1 aliphatic rings. The van der Waals surface area contributed by atoms with Gasteiger partial charge in [-0.15, -0.1) is 0 Å². The lowest BCUT2D eigenvalue weighted by molar-refractivity contribution is 0.148. The number of aromatic nitrogens is 3. The Kier molecular flexibility index (Phi) is 6.19. The number of halogens is 1. The number of fused-ring (bicyclic) bond motifs is 2. The summed E-state index contributed by atoms with van der Waals surface area (Å²) < 4.78 is 6.20. The van der Waals surface area contributed by atoms with Crippen LogP contribution >= 0.6 is 11.6 Å². The molecule has 182 valence electrons. The fourth-order valence-corrected chi connectivity index (χ4v) is 4.73. The topological polar surface area (TPSA) is 69.3 Å². The van der Waals surface area contributed by atoms with E-state index in [4.69, 9.17) is 21.3 Å². The number of likely N-dealkylation sites (N-methyl/N-ethyl adjacent to an activating group) is 1. The number of para-hydroxylation sites is 1. The molecule has 2 N–H and O–H groups in total. The predicted molar refractivity (Wildman–Crippen MR) is 145 cm³/mol. The molecular weight excluding hydrogens is 472 g/mol. The number of hydrogen-bond donors (Lipinski definition) is 2. The molecule has 0 amide bonds. The van der Waals surface area contributed by atoms with Crippen LogP contribution in [0.1, 0.15) is 5.56 Å². The fraction of sp³-hybridized carbons (Fsp3) is 0.214. The van der Waals surface area contributed by atoms with Crippen molar-refractivity contribution in [1.29, 1.82) is 0 Å². The Morgan fingerprint density at radius 3 is 2.72 bits per heavy atom. The highest BCUT2D eigenvalue weighted by Crippen LogP contribution is 2.31. The molecule has 6 rings (SSSR count). The van der Waals surface area contributed by atoms with Gasteiger partial charge in [-0.05, 0) is 61.1 Å². The average Bonchev–Trinajstić information content (AvgIpc) is 3.29. The Bertz CT molecular complexity index is 1520. The first kappa shape index (κ1) is 22.8. The molecule has 0 atom stereocenters. The van der Waals surface area contributed by atoms with Crippen LogP contribution in [0.4, 0.5) is 11.6 Å². The van der Waals surface area contributed by atoms with Crippen LogP contribution in [0.3, 0.4) is 0 Å². The van der Waals surface area contributed by atoms with Gasteiger partial charge in [0.15, 0.2) is 0 Å². The number of pyridine rings is 1. The molecule has 1 fully saturated rings. The molecule has 3 aromatic carbocycles. The first-order valence-electron chi connectivity index (χ1n) is 12.1. The normalized spacial score (nSPS) is 14.9. The number of hydrogen-bond acceptors (Lipinski definition) is 6. The maximum absolute atomic E-state index is 6.53. The summed E-state index contributed by atoms with van der Waals surface area (Å²) in [6.07, 6.45) is 1.76. The number of nitrogens with one attached hydrogen (secondary N) is 2. The lowest BCUT2D eigenvalue weighted by atomic mass is 10.1. The van der Waals surface area contributed by atoms with Crippen LogP contribution < -0.4 is 10.1 Å². The Hall–Kier alpha value is -3.65. The molecule has 3 heterocycles. The second-order valence-electron chi connectivity index (χ2n) is 9.20. The maximum atomic E-state index is 6.53. The third-order valence-electron chi connectivity index (χ3n) is 6.59. The van der Waals surface area contributed by atoms with Crippen molar-refractivity contribution in [3.05, 3.63) is 83.5 Å². The van der Waals surface area contributed by atoms with Crippen LogP contribution in [0.25, 0.3) is 21.9 Å². The fourth-order valence-electron chi connectivity index (χ4n) is 4.55.